The summed E-state index contributed by atoms with van der Waals surface area (Å²) < 4.78 is 0. The molecule has 180 valence electrons. The molecule has 7 heteroatoms. The molecule has 3 rings (SSSR count). The summed E-state index contributed by atoms with van der Waals surface area (Å²) in [5.41, 5.74) is 3.09. The SMILES string of the molecule is CCC(C)NC(=O)c1cccc(CNC(=NC)NC2CC(C)N(Cc3ccccc3)C2)c1.I. The molecule has 1 fully saturated rings. The van der Waals surface area contributed by atoms with Crippen molar-refractivity contribution in [2.75, 3.05) is 13.6 Å². The average molecular weight is 564 g/mol. The number of benzene rings is 2. The van der Waals surface area contributed by atoms with Crippen molar-refractivity contribution in [1.29, 1.82) is 0 Å². The highest BCUT2D eigenvalue weighted by Crippen LogP contribution is 2.20. The molecular weight excluding hydrogens is 525 g/mol. The minimum absolute atomic E-state index is 0. The van der Waals surface area contributed by atoms with Gasteiger partial charge in [0.15, 0.2) is 5.96 Å². The van der Waals surface area contributed by atoms with Gasteiger partial charge in [0.1, 0.15) is 0 Å². The first-order valence-corrected chi connectivity index (χ1v) is 11.6. The van der Waals surface area contributed by atoms with E-state index in [0.29, 0.717) is 24.2 Å². The van der Waals surface area contributed by atoms with Crippen LogP contribution in [0.4, 0.5) is 0 Å². The van der Waals surface area contributed by atoms with Crippen LogP contribution < -0.4 is 16.0 Å². The Hall–Kier alpha value is -2.13. The number of carbonyl (C=O) groups excluding carboxylic acids is 1. The molecular formula is C26H38IN5O. The van der Waals surface area contributed by atoms with E-state index in [1.165, 1.54) is 5.56 Å². The summed E-state index contributed by atoms with van der Waals surface area (Å²) in [4.78, 5) is 19.3. The van der Waals surface area contributed by atoms with Crippen LogP contribution >= 0.6 is 24.0 Å². The summed E-state index contributed by atoms with van der Waals surface area (Å²) in [5.74, 6) is 0.764. The first-order chi connectivity index (χ1) is 15.5. The van der Waals surface area contributed by atoms with E-state index in [1.807, 2.05) is 31.2 Å². The standard InChI is InChI=1S/C26H37N5O.HI/c1-5-19(2)29-25(32)23-13-9-12-22(15-23)16-28-26(27-4)30-24-14-20(3)31(18-24)17-21-10-7-6-8-11-21;/h6-13,15,19-20,24H,5,14,16-18H2,1-4H3,(H,29,32)(H2,27,28,30);1H. The Labute approximate surface area is 215 Å². The Kier molecular flexibility index (Phi) is 11.1. The summed E-state index contributed by atoms with van der Waals surface area (Å²) in [6.07, 6.45) is 2.00. The zero-order valence-corrected chi connectivity index (χ0v) is 22.5. The van der Waals surface area contributed by atoms with Crippen LogP contribution in [0.15, 0.2) is 59.6 Å². The van der Waals surface area contributed by atoms with Gasteiger partial charge in [-0.15, -0.1) is 24.0 Å². The quantitative estimate of drug-likeness (QED) is 0.257. The second-order valence-corrected chi connectivity index (χ2v) is 8.75. The predicted molar refractivity (Wildman–Crippen MR) is 147 cm³/mol. The molecule has 0 saturated carbocycles. The zero-order valence-electron chi connectivity index (χ0n) is 20.2. The smallest absolute Gasteiger partial charge is 0.251 e. The third-order valence-electron chi connectivity index (χ3n) is 6.14. The summed E-state index contributed by atoms with van der Waals surface area (Å²) >= 11 is 0. The van der Waals surface area contributed by atoms with E-state index >= 15 is 0 Å². The molecule has 0 aromatic heterocycles. The third kappa shape index (κ3) is 8.30. The molecule has 2 aromatic carbocycles. The first-order valence-electron chi connectivity index (χ1n) is 11.6. The van der Waals surface area contributed by atoms with Gasteiger partial charge < -0.3 is 16.0 Å². The van der Waals surface area contributed by atoms with Gasteiger partial charge >= 0.3 is 0 Å². The van der Waals surface area contributed by atoms with E-state index < -0.39 is 0 Å². The van der Waals surface area contributed by atoms with Gasteiger partial charge in [0.25, 0.3) is 5.91 Å². The van der Waals surface area contributed by atoms with Gasteiger partial charge in [-0.05, 0) is 49.9 Å². The molecule has 3 unspecified atom stereocenters. The number of halogens is 1. The lowest BCUT2D eigenvalue weighted by Crippen LogP contribution is -2.44. The van der Waals surface area contributed by atoms with Gasteiger partial charge in [-0.3, -0.25) is 14.7 Å². The van der Waals surface area contributed by atoms with E-state index in [0.717, 1.165) is 37.5 Å². The van der Waals surface area contributed by atoms with Crippen LogP contribution in [-0.4, -0.2) is 48.5 Å². The average Bonchev–Trinajstić information content (AvgIpc) is 3.15. The van der Waals surface area contributed by atoms with Crippen LogP contribution in [0, 0.1) is 0 Å². The van der Waals surface area contributed by atoms with Crippen LogP contribution in [0.5, 0.6) is 0 Å². The minimum atomic E-state index is -0.0258. The van der Waals surface area contributed by atoms with Gasteiger partial charge in [-0.2, -0.15) is 0 Å². The second kappa shape index (κ2) is 13.5. The molecule has 0 bridgehead atoms. The fourth-order valence-electron chi connectivity index (χ4n) is 4.05. The highest BCUT2D eigenvalue weighted by atomic mass is 127. The van der Waals surface area contributed by atoms with Crippen LogP contribution in [0.1, 0.15) is 55.1 Å². The molecule has 6 nitrogen and oxygen atoms in total. The van der Waals surface area contributed by atoms with E-state index in [4.69, 9.17) is 0 Å². The largest absolute Gasteiger partial charge is 0.352 e. The Morgan fingerprint density at radius 2 is 1.88 bits per heavy atom. The lowest BCUT2D eigenvalue weighted by Gasteiger charge is -2.21. The van der Waals surface area contributed by atoms with Gasteiger partial charge in [0, 0.05) is 50.4 Å². The number of carbonyl (C=O) groups is 1. The van der Waals surface area contributed by atoms with Gasteiger partial charge in [-0.25, -0.2) is 0 Å². The molecule has 0 radical (unpaired) electrons. The highest BCUT2D eigenvalue weighted by molar-refractivity contribution is 14.0. The van der Waals surface area contributed by atoms with Crippen molar-refractivity contribution in [3.05, 3.63) is 71.3 Å². The maximum atomic E-state index is 12.4. The summed E-state index contributed by atoms with van der Waals surface area (Å²) in [6.45, 7) is 8.94. The Bertz CT molecular complexity index is 905. The van der Waals surface area contributed by atoms with E-state index in [1.54, 1.807) is 7.05 Å². The number of hydrogen-bond acceptors (Lipinski definition) is 3. The number of nitrogens with zero attached hydrogens (tertiary/aromatic N) is 2. The van der Waals surface area contributed by atoms with Crippen molar-refractivity contribution in [2.24, 2.45) is 4.99 Å². The maximum absolute atomic E-state index is 12.4. The number of aliphatic imine (C=N–C) groups is 1. The van der Waals surface area contributed by atoms with Crippen molar-refractivity contribution in [3.8, 4) is 0 Å². The van der Waals surface area contributed by atoms with Crippen molar-refractivity contribution < 1.29 is 4.79 Å². The molecule has 1 heterocycles. The summed E-state index contributed by atoms with van der Waals surface area (Å²) in [7, 11) is 1.80. The van der Waals surface area contributed by atoms with Crippen LogP contribution in [0.2, 0.25) is 0 Å². The molecule has 1 saturated heterocycles. The van der Waals surface area contributed by atoms with Crippen molar-refractivity contribution in [2.45, 2.75) is 64.8 Å². The summed E-state index contributed by atoms with van der Waals surface area (Å²) in [6, 6.07) is 19.4. The highest BCUT2D eigenvalue weighted by Gasteiger charge is 2.29. The predicted octanol–water partition coefficient (Wildman–Crippen LogP) is 4.16. The number of hydrogen-bond donors (Lipinski definition) is 3. The van der Waals surface area contributed by atoms with Crippen LogP contribution in [0.25, 0.3) is 0 Å². The van der Waals surface area contributed by atoms with E-state index in [9.17, 15) is 4.79 Å². The lowest BCUT2D eigenvalue weighted by molar-refractivity contribution is 0.0939. The normalized spacial score (nSPS) is 19.5. The number of likely N-dealkylation sites (tertiary alicyclic amines) is 1. The van der Waals surface area contributed by atoms with Crippen molar-refractivity contribution in [3.63, 3.8) is 0 Å². The number of amides is 1. The van der Waals surface area contributed by atoms with Crippen LogP contribution in [0.3, 0.4) is 0 Å². The van der Waals surface area contributed by atoms with Gasteiger partial charge in [-0.1, -0.05) is 49.4 Å². The molecule has 1 aliphatic heterocycles. The minimum Gasteiger partial charge on any atom is -0.352 e. The maximum Gasteiger partial charge on any atom is 0.251 e. The second-order valence-electron chi connectivity index (χ2n) is 8.75. The first kappa shape index (κ1) is 27.1. The lowest BCUT2D eigenvalue weighted by atomic mass is 10.1. The molecule has 0 aliphatic carbocycles. The number of guanidine groups is 1. The molecule has 3 N–H and O–H groups in total. The fraction of sp³-hybridized carbons (Fsp3) is 0.462. The monoisotopic (exact) mass is 563 g/mol. The molecule has 1 aliphatic rings. The molecule has 0 spiro atoms. The van der Waals surface area contributed by atoms with E-state index in [-0.39, 0.29) is 35.9 Å². The van der Waals surface area contributed by atoms with E-state index in [2.05, 4.69) is 70.0 Å². The Morgan fingerprint density at radius 3 is 2.58 bits per heavy atom. The number of nitrogens with one attached hydrogen (secondary N) is 3. The molecule has 2 aromatic rings. The number of rotatable bonds is 8. The molecule has 1 amide bonds. The molecule has 33 heavy (non-hydrogen) atoms. The van der Waals surface area contributed by atoms with Crippen molar-refractivity contribution >= 4 is 35.8 Å². The van der Waals surface area contributed by atoms with Crippen LogP contribution in [-0.2, 0) is 13.1 Å². The van der Waals surface area contributed by atoms with Gasteiger partial charge in [0.2, 0.25) is 0 Å². The van der Waals surface area contributed by atoms with Gasteiger partial charge in [0.05, 0.1) is 0 Å². The van der Waals surface area contributed by atoms with Crippen molar-refractivity contribution in [1.82, 2.24) is 20.9 Å². The fourth-order valence-corrected chi connectivity index (χ4v) is 4.05. The Morgan fingerprint density at radius 1 is 1.15 bits per heavy atom. The zero-order chi connectivity index (χ0) is 22.9. The molecule has 3 atom stereocenters. The topological polar surface area (TPSA) is 68.8 Å². The Balaban J connectivity index is 0.00000385. The summed E-state index contributed by atoms with van der Waals surface area (Å²) in [5, 5.41) is 9.99. The third-order valence-corrected chi connectivity index (χ3v) is 6.14.